The van der Waals surface area contributed by atoms with E-state index in [0.717, 1.165) is 0 Å². The number of methoxy groups -OCH3 is 2. The summed E-state index contributed by atoms with van der Waals surface area (Å²) < 4.78 is 10.4. The molecule has 1 aromatic carbocycles. The van der Waals surface area contributed by atoms with Crippen LogP contribution in [0.25, 0.3) is 0 Å². The van der Waals surface area contributed by atoms with Crippen LogP contribution < -0.4 is 9.47 Å². The molecular formula is C14H20BrNO4. The lowest BCUT2D eigenvalue weighted by molar-refractivity contribution is -0.385. The normalized spacial score (nSPS) is 13.9. The third-order valence-corrected chi connectivity index (χ3v) is 3.87. The maximum absolute atomic E-state index is 11.3. The van der Waals surface area contributed by atoms with Crippen molar-refractivity contribution in [1.82, 2.24) is 0 Å². The molecule has 0 heterocycles. The highest BCUT2D eigenvalue weighted by Crippen LogP contribution is 2.42. The number of nitrogens with zero attached hydrogens (tertiary/aromatic N) is 1. The highest BCUT2D eigenvalue weighted by molar-refractivity contribution is 9.09. The third-order valence-electron chi connectivity index (χ3n) is 3.30. The van der Waals surface area contributed by atoms with Crippen molar-refractivity contribution in [3.63, 3.8) is 0 Å². The molecule has 0 amide bonds. The minimum absolute atomic E-state index is 0.00945. The Labute approximate surface area is 127 Å². The van der Waals surface area contributed by atoms with E-state index in [4.69, 9.17) is 9.47 Å². The van der Waals surface area contributed by atoms with E-state index in [1.807, 2.05) is 20.8 Å². The zero-order chi connectivity index (χ0) is 15.4. The van der Waals surface area contributed by atoms with E-state index in [9.17, 15) is 10.1 Å². The van der Waals surface area contributed by atoms with Crippen molar-refractivity contribution >= 4 is 21.6 Å². The maximum atomic E-state index is 11.3. The van der Waals surface area contributed by atoms with Crippen molar-refractivity contribution in [3.05, 3.63) is 27.8 Å². The van der Waals surface area contributed by atoms with Crippen LogP contribution in [0.1, 0.15) is 32.3 Å². The fourth-order valence-electron chi connectivity index (χ4n) is 2.45. The first-order valence-corrected chi connectivity index (χ1v) is 7.29. The van der Waals surface area contributed by atoms with Crippen LogP contribution in [0, 0.1) is 16.0 Å². The molecule has 112 valence electrons. The summed E-state index contributed by atoms with van der Waals surface area (Å²) in [6.07, 6.45) is 0. The van der Waals surface area contributed by atoms with Gasteiger partial charge in [-0.25, -0.2) is 0 Å². The Morgan fingerprint density at radius 1 is 1.15 bits per heavy atom. The molecule has 0 saturated heterocycles. The molecule has 2 atom stereocenters. The Morgan fingerprint density at radius 2 is 1.65 bits per heavy atom. The number of hydrogen-bond acceptors (Lipinski definition) is 4. The van der Waals surface area contributed by atoms with Gasteiger partial charge in [-0.15, -0.1) is 0 Å². The molecule has 0 aliphatic heterocycles. The molecule has 0 saturated carbocycles. The number of hydrogen-bond donors (Lipinski definition) is 0. The molecule has 1 rings (SSSR count). The maximum Gasteiger partial charge on any atom is 0.276 e. The van der Waals surface area contributed by atoms with Gasteiger partial charge in [-0.1, -0.05) is 36.7 Å². The summed E-state index contributed by atoms with van der Waals surface area (Å²) in [4.78, 5) is 11.1. The Balaban J connectivity index is 3.53. The van der Waals surface area contributed by atoms with Crippen molar-refractivity contribution in [2.45, 2.75) is 31.5 Å². The van der Waals surface area contributed by atoms with E-state index in [2.05, 4.69) is 15.9 Å². The quantitative estimate of drug-likeness (QED) is 0.441. The van der Waals surface area contributed by atoms with Gasteiger partial charge in [0.15, 0.2) is 11.5 Å². The second kappa shape index (κ2) is 6.92. The highest BCUT2D eigenvalue weighted by atomic mass is 79.9. The van der Waals surface area contributed by atoms with Crippen LogP contribution in [0.5, 0.6) is 11.5 Å². The summed E-state index contributed by atoms with van der Waals surface area (Å²) in [6.45, 7) is 6.08. The Hall–Kier alpha value is -1.30. The monoisotopic (exact) mass is 345 g/mol. The van der Waals surface area contributed by atoms with Gasteiger partial charge in [-0.05, 0) is 12.0 Å². The van der Waals surface area contributed by atoms with Crippen LogP contribution in [0.3, 0.4) is 0 Å². The highest BCUT2D eigenvalue weighted by Gasteiger charge is 2.30. The number of nitro groups is 1. The number of rotatable bonds is 6. The lowest BCUT2D eigenvalue weighted by atomic mass is 9.85. The van der Waals surface area contributed by atoms with E-state index in [1.54, 1.807) is 6.07 Å². The van der Waals surface area contributed by atoms with E-state index in [-0.39, 0.29) is 27.3 Å². The molecule has 2 unspecified atom stereocenters. The number of benzene rings is 1. The van der Waals surface area contributed by atoms with Crippen molar-refractivity contribution in [3.8, 4) is 11.5 Å². The topological polar surface area (TPSA) is 61.6 Å². The summed E-state index contributed by atoms with van der Waals surface area (Å²) >= 11 is 3.55. The van der Waals surface area contributed by atoms with Gasteiger partial charge in [0.25, 0.3) is 5.69 Å². The van der Waals surface area contributed by atoms with Crippen molar-refractivity contribution in [2.75, 3.05) is 14.2 Å². The number of nitro benzene ring substituents is 1. The fraction of sp³-hybridized carbons (Fsp3) is 0.571. The fourth-order valence-corrected chi connectivity index (χ4v) is 3.34. The van der Waals surface area contributed by atoms with Crippen LogP contribution in [-0.4, -0.2) is 24.0 Å². The van der Waals surface area contributed by atoms with Crippen LogP contribution >= 0.6 is 15.9 Å². The van der Waals surface area contributed by atoms with Crippen LogP contribution in [0.15, 0.2) is 12.1 Å². The Morgan fingerprint density at radius 3 is 2.00 bits per heavy atom. The van der Waals surface area contributed by atoms with Crippen LogP contribution in [0.4, 0.5) is 5.69 Å². The Kier molecular flexibility index (Phi) is 5.80. The number of halogens is 1. The summed E-state index contributed by atoms with van der Waals surface area (Å²) in [6, 6.07) is 3.14. The average molecular weight is 346 g/mol. The number of alkyl halides is 1. The van der Waals surface area contributed by atoms with Gasteiger partial charge >= 0.3 is 0 Å². The molecule has 20 heavy (non-hydrogen) atoms. The first-order valence-electron chi connectivity index (χ1n) is 6.37. The summed E-state index contributed by atoms with van der Waals surface area (Å²) in [5.74, 6) is 1.14. The molecule has 0 radical (unpaired) electrons. The lowest BCUT2D eigenvalue weighted by Crippen LogP contribution is -2.17. The molecule has 5 nitrogen and oxygen atoms in total. The molecule has 1 aromatic rings. The average Bonchev–Trinajstić information content (AvgIpc) is 2.36. The molecule has 0 aliphatic rings. The SMILES string of the molecule is COc1cc(C(C(C)C)C(C)Br)c([N+](=O)[O-])cc1OC. The third kappa shape index (κ3) is 3.42. The minimum Gasteiger partial charge on any atom is -0.493 e. The van der Waals surface area contributed by atoms with E-state index < -0.39 is 0 Å². The van der Waals surface area contributed by atoms with E-state index in [1.165, 1.54) is 20.3 Å². The first-order chi connectivity index (χ1) is 9.33. The van der Waals surface area contributed by atoms with Crippen molar-refractivity contribution in [2.24, 2.45) is 5.92 Å². The molecule has 0 bridgehead atoms. The van der Waals surface area contributed by atoms with Gasteiger partial charge in [0, 0.05) is 16.3 Å². The molecular weight excluding hydrogens is 326 g/mol. The predicted octanol–water partition coefficient (Wildman–Crippen LogP) is 4.14. The standard InChI is InChI=1S/C14H20BrNO4/c1-8(2)14(9(3)15)10-6-12(19-4)13(20-5)7-11(10)16(17)18/h6-9,14H,1-5H3. The molecule has 6 heteroatoms. The minimum atomic E-state index is -0.373. The first kappa shape index (κ1) is 16.8. The van der Waals surface area contributed by atoms with Crippen molar-refractivity contribution in [1.29, 1.82) is 0 Å². The van der Waals surface area contributed by atoms with E-state index >= 15 is 0 Å². The number of ether oxygens (including phenoxy) is 2. The zero-order valence-electron chi connectivity index (χ0n) is 12.3. The molecule has 0 fully saturated rings. The largest absolute Gasteiger partial charge is 0.493 e. The van der Waals surface area contributed by atoms with Gasteiger partial charge in [0.1, 0.15) is 0 Å². The molecule has 0 N–H and O–H groups in total. The predicted molar refractivity (Wildman–Crippen MR) is 82.2 cm³/mol. The summed E-state index contributed by atoms with van der Waals surface area (Å²) in [5.41, 5.74) is 0.722. The Bertz CT molecular complexity index is 480. The van der Waals surface area contributed by atoms with Gasteiger partial charge in [0.05, 0.1) is 25.2 Å². The lowest BCUT2D eigenvalue weighted by Gasteiger charge is -2.24. The molecule has 0 spiro atoms. The smallest absolute Gasteiger partial charge is 0.276 e. The van der Waals surface area contributed by atoms with Crippen LogP contribution in [-0.2, 0) is 0 Å². The molecule has 0 aliphatic carbocycles. The van der Waals surface area contributed by atoms with Crippen molar-refractivity contribution < 1.29 is 14.4 Å². The van der Waals surface area contributed by atoms with Gasteiger partial charge in [-0.2, -0.15) is 0 Å². The second-order valence-corrected chi connectivity index (χ2v) is 6.41. The zero-order valence-corrected chi connectivity index (χ0v) is 13.9. The van der Waals surface area contributed by atoms with E-state index in [0.29, 0.717) is 17.1 Å². The second-order valence-electron chi connectivity index (χ2n) is 4.97. The van der Waals surface area contributed by atoms with Gasteiger partial charge in [0.2, 0.25) is 0 Å². The van der Waals surface area contributed by atoms with Crippen LogP contribution in [0.2, 0.25) is 0 Å². The summed E-state index contributed by atoms with van der Waals surface area (Å²) in [7, 11) is 2.99. The summed E-state index contributed by atoms with van der Waals surface area (Å²) in [5, 5.41) is 11.3. The van der Waals surface area contributed by atoms with Gasteiger partial charge < -0.3 is 9.47 Å². The molecule has 0 aromatic heterocycles. The van der Waals surface area contributed by atoms with Gasteiger partial charge in [-0.3, -0.25) is 10.1 Å².